The Kier molecular flexibility index (Phi) is 2.98. The van der Waals surface area contributed by atoms with Crippen LogP contribution in [0.4, 0.5) is 0 Å². The van der Waals surface area contributed by atoms with E-state index >= 15 is 0 Å². The molecule has 1 aliphatic carbocycles. The summed E-state index contributed by atoms with van der Waals surface area (Å²) in [7, 11) is 0. The minimum absolute atomic E-state index is 0.465. The number of aliphatic imine (C=N–C) groups is 1. The van der Waals surface area contributed by atoms with Crippen LogP contribution < -0.4 is 5.73 Å². The molecule has 0 spiro atoms. The van der Waals surface area contributed by atoms with E-state index in [1.54, 1.807) is 0 Å². The molecule has 2 aliphatic rings. The van der Waals surface area contributed by atoms with Gasteiger partial charge in [0.05, 0.1) is 12.6 Å². The summed E-state index contributed by atoms with van der Waals surface area (Å²) in [5.41, 5.74) is 5.93. The largest absolute Gasteiger partial charge is 0.370 e. The molecule has 0 saturated carbocycles. The van der Waals surface area contributed by atoms with Crippen molar-refractivity contribution in [3.8, 4) is 0 Å². The molecule has 2 atom stereocenters. The number of nitrogens with two attached hydrogens (primary N) is 1. The summed E-state index contributed by atoms with van der Waals surface area (Å²) in [6.45, 7) is 5.28. The molecule has 0 radical (unpaired) electrons. The quantitative estimate of drug-likeness (QED) is 0.701. The van der Waals surface area contributed by atoms with Gasteiger partial charge in [-0.15, -0.1) is 0 Å². The van der Waals surface area contributed by atoms with Gasteiger partial charge in [0.15, 0.2) is 5.96 Å². The second kappa shape index (κ2) is 4.25. The smallest absolute Gasteiger partial charge is 0.191 e. The number of hydrogen-bond donors (Lipinski definition) is 1. The van der Waals surface area contributed by atoms with E-state index in [0.29, 0.717) is 12.1 Å². The topological polar surface area (TPSA) is 41.6 Å². The minimum Gasteiger partial charge on any atom is -0.370 e. The summed E-state index contributed by atoms with van der Waals surface area (Å²) in [6, 6.07) is 1.00. The van der Waals surface area contributed by atoms with E-state index in [1.807, 2.05) is 0 Å². The third-order valence-electron chi connectivity index (χ3n) is 3.47. The zero-order chi connectivity index (χ0) is 10.8. The van der Waals surface area contributed by atoms with Crippen molar-refractivity contribution >= 4 is 5.96 Å². The Morgan fingerprint density at radius 1 is 1.47 bits per heavy atom. The Labute approximate surface area is 92.0 Å². The maximum absolute atomic E-state index is 5.93. The van der Waals surface area contributed by atoms with Gasteiger partial charge < -0.3 is 10.6 Å². The Hall–Kier alpha value is -0.990. The van der Waals surface area contributed by atoms with Crippen LogP contribution in [0.3, 0.4) is 0 Å². The van der Waals surface area contributed by atoms with Crippen molar-refractivity contribution < 1.29 is 0 Å². The molecule has 0 bridgehead atoms. The maximum atomic E-state index is 5.93. The van der Waals surface area contributed by atoms with Crippen LogP contribution in [0.25, 0.3) is 0 Å². The first-order chi connectivity index (χ1) is 7.20. The molecule has 3 heteroatoms. The fraction of sp³-hybridized carbons (Fsp3) is 0.750. The first-order valence-corrected chi connectivity index (χ1v) is 5.93. The Morgan fingerprint density at radius 2 is 2.27 bits per heavy atom. The van der Waals surface area contributed by atoms with Gasteiger partial charge in [-0.25, -0.2) is 0 Å². The highest BCUT2D eigenvalue weighted by Gasteiger charge is 2.33. The highest BCUT2D eigenvalue weighted by atomic mass is 15.3. The lowest BCUT2D eigenvalue weighted by atomic mass is 9.87. The summed E-state index contributed by atoms with van der Waals surface area (Å²) in [5, 5.41) is 0. The summed E-state index contributed by atoms with van der Waals surface area (Å²) < 4.78 is 0. The van der Waals surface area contributed by atoms with Crippen molar-refractivity contribution in [1.82, 2.24) is 4.90 Å². The zero-order valence-corrected chi connectivity index (χ0v) is 9.69. The number of nitrogens with zero attached hydrogens (tertiary/aromatic N) is 2. The molecule has 2 N–H and O–H groups in total. The molecule has 0 aromatic carbocycles. The van der Waals surface area contributed by atoms with Gasteiger partial charge in [0.1, 0.15) is 0 Å². The minimum atomic E-state index is 0.465. The molecule has 1 heterocycles. The van der Waals surface area contributed by atoms with Crippen LogP contribution in [-0.2, 0) is 0 Å². The van der Waals surface area contributed by atoms with Gasteiger partial charge in [-0.3, -0.25) is 4.99 Å². The molecule has 1 aliphatic heterocycles. The highest BCUT2D eigenvalue weighted by molar-refractivity contribution is 5.80. The molecule has 0 aromatic rings. The van der Waals surface area contributed by atoms with Gasteiger partial charge in [0, 0.05) is 6.04 Å². The Morgan fingerprint density at radius 3 is 2.87 bits per heavy atom. The summed E-state index contributed by atoms with van der Waals surface area (Å²) in [4.78, 5) is 6.69. The van der Waals surface area contributed by atoms with Crippen LogP contribution in [0.15, 0.2) is 17.1 Å². The highest BCUT2D eigenvalue weighted by Crippen LogP contribution is 2.28. The second-order valence-corrected chi connectivity index (χ2v) is 4.81. The predicted molar refractivity (Wildman–Crippen MR) is 63.7 cm³/mol. The van der Waals surface area contributed by atoms with Crippen molar-refractivity contribution in [2.24, 2.45) is 16.6 Å². The molecule has 2 rings (SSSR count). The zero-order valence-electron chi connectivity index (χ0n) is 9.69. The Bertz CT molecular complexity index is 281. The van der Waals surface area contributed by atoms with Crippen molar-refractivity contribution in [2.45, 2.75) is 45.2 Å². The maximum Gasteiger partial charge on any atom is 0.191 e. The lowest BCUT2D eigenvalue weighted by molar-refractivity contribution is 0.204. The monoisotopic (exact) mass is 207 g/mol. The van der Waals surface area contributed by atoms with Crippen molar-refractivity contribution in [1.29, 1.82) is 0 Å². The molecule has 0 amide bonds. The van der Waals surface area contributed by atoms with E-state index in [1.165, 1.54) is 19.3 Å². The lowest BCUT2D eigenvalue weighted by Crippen LogP contribution is -2.48. The standard InChI is InChI=1S/C12H21N3/c1-9(2)15-11(8-14-12(15)13)10-6-4-3-5-7-10/h3-4,9-11H,5-8H2,1-2H3,(H2,13,14). The first kappa shape index (κ1) is 10.5. The number of rotatable bonds is 2. The van der Waals surface area contributed by atoms with E-state index < -0.39 is 0 Å². The molecule has 0 saturated heterocycles. The van der Waals surface area contributed by atoms with E-state index in [9.17, 15) is 0 Å². The number of guanidine groups is 1. The second-order valence-electron chi connectivity index (χ2n) is 4.81. The van der Waals surface area contributed by atoms with Crippen LogP contribution in [0, 0.1) is 5.92 Å². The van der Waals surface area contributed by atoms with Gasteiger partial charge in [-0.1, -0.05) is 12.2 Å². The lowest BCUT2D eigenvalue weighted by Gasteiger charge is -2.36. The van der Waals surface area contributed by atoms with Crippen LogP contribution in [-0.4, -0.2) is 29.5 Å². The van der Waals surface area contributed by atoms with Gasteiger partial charge in [0.25, 0.3) is 0 Å². The average Bonchev–Trinajstić information content (AvgIpc) is 2.61. The summed E-state index contributed by atoms with van der Waals surface area (Å²) in [6.07, 6.45) is 8.29. The summed E-state index contributed by atoms with van der Waals surface area (Å²) >= 11 is 0. The number of hydrogen-bond acceptors (Lipinski definition) is 3. The van der Waals surface area contributed by atoms with Crippen molar-refractivity contribution in [3.63, 3.8) is 0 Å². The molecule has 3 nitrogen and oxygen atoms in total. The normalized spacial score (nSPS) is 31.1. The summed E-state index contributed by atoms with van der Waals surface area (Å²) in [5.74, 6) is 1.48. The van der Waals surface area contributed by atoms with Gasteiger partial charge >= 0.3 is 0 Å². The van der Waals surface area contributed by atoms with Gasteiger partial charge in [0.2, 0.25) is 0 Å². The van der Waals surface area contributed by atoms with E-state index in [4.69, 9.17) is 5.73 Å². The fourth-order valence-electron chi connectivity index (χ4n) is 2.72. The average molecular weight is 207 g/mol. The molecule has 15 heavy (non-hydrogen) atoms. The van der Waals surface area contributed by atoms with Crippen LogP contribution in [0.1, 0.15) is 33.1 Å². The van der Waals surface area contributed by atoms with E-state index in [0.717, 1.165) is 18.4 Å². The van der Waals surface area contributed by atoms with E-state index in [-0.39, 0.29) is 0 Å². The Balaban J connectivity index is 2.06. The first-order valence-electron chi connectivity index (χ1n) is 5.93. The van der Waals surface area contributed by atoms with E-state index in [2.05, 4.69) is 35.9 Å². The number of allylic oxidation sites excluding steroid dienone is 2. The molecular weight excluding hydrogens is 186 g/mol. The van der Waals surface area contributed by atoms with Crippen LogP contribution >= 0.6 is 0 Å². The molecule has 0 fully saturated rings. The molecule has 84 valence electrons. The van der Waals surface area contributed by atoms with Crippen LogP contribution in [0.2, 0.25) is 0 Å². The third kappa shape index (κ3) is 2.01. The van der Waals surface area contributed by atoms with Gasteiger partial charge in [-0.2, -0.15) is 0 Å². The molecule has 2 unspecified atom stereocenters. The van der Waals surface area contributed by atoms with Gasteiger partial charge in [-0.05, 0) is 39.0 Å². The van der Waals surface area contributed by atoms with Crippen LogP contribution in [0.5, 0.6) is 0 Å². The fourth-order valence-corrected chi connectivity index (χ4v) is 2.72. The third-order valence-corrected chi connectivity index (χ3v) is 3.47. The van der Waals surface area contributed by atoms with Crippen molar-refractivity contribution in [2.75, 3.05) is 6.54 Å². The molecular formula is C12H21N3. The predicted octanol–water partition coefficient (Wildman–Crippen LogP) is 1.75. The SMILES string of the molecule is CC(C)N1C(N)=NCC1C1CC=CCC1. The molecule has 0 aromatic heterocycles. The van der Waals surface area contributed by atoms with Crippen molar-refractivity contribution in [3.05, 3.63) is 12.2 Å².